The van der Waals surface area contributed by atoms with Gasteiger partial charge in [-0.15, -0.1) is 0 Å². The van der Waals surface area contributed by atoms with Crippen LogP contribution in [0.25, 0.3) is 0 Å². The Balaban J connectivity index is 2.16. The van der Waals surface area contributed by atoms with E-state index in [1.807, 2.05) is 15.7 Å². The molecule has 0 aromatic carbocycles. The van der Waals surface area contributed by atoms with E-state index in [0.717, 1.165) is 39.1 Å². The van der Waals surface area contributed by atoms with Gasteiger partial charge in [0.05, 0.1) is 5.02 Å². The van der Waals surface area contributed by atoms with Gasteiger partial charge in [0, 0.05) is 38.9 Å². The molecule has 2 heterocycles. The summed E-state index contributed by atoms with van der Waals surface area (Å²) in [5.41, 5.74) is 0.707. The summed E-state index contributed by atoms with van der Waals surface area (Å²) in [6.07, 6.45) is 2.83. The predicted octanol–water partition coefficient (Wildman–Crippen LogP) is 1.60. The maximum absolute atomic E-state index is 12.3. The summed E-state index contributed by atoms with van der Waals surface area (Å²) in [7, 11) is 0. The molecule has 1 fully saturated rings. The number of piperazine rings is 1. The first-order chi connectivity index (χ1) is 8.22. The molecule has 5 heteroatoms. The number of carbonyl (C=O) groups excluding carboxylic acids is 1. The molecule has 2 rings (SSSR count). The van der Waals surface area contributed by atoms with Gasteiger partial charge >= 0.3 is 0 Å². The van der Waals surface area contributed by atoms with Gasteiger partial charge in [-0.25, -0.2) is 0 Å². The minimum Gasteiger partial charge on any atom is -0.342 e. The molecule has 1 saturated heterocycles. The Morgan fingerprint density at radius 2 is 2.18 bits per heavy atom. The minimum atomic E-state index is 0.0897. The fraction of sp³-hybridized carbons (Fsp3) is 0.583. The number of amides is 1. The average molecular weight is 256 g/mol. The lowest BCUT2D eigenvalue weighted by atomic mass is 10.3. The molecule has 1 aliphatic heterocycles. The fourth-order valence-corrected chi connectivity index (χ4v) is 2.33. The average Bonchev–Trinajstić information content (AvgIpc) is 2.71. The van der Waals surface area contributed by atoms with Crippen molar-refractivity contribution in [2.75, 3.05) is 26.2 Å². The van der Waals surface area contributed by atoms with Gasteiger partial charge in [-0.3, -0.25) is 4.79 Å². The van der Waals surface area contributed by atoms with Gasteiger partial charge in [0.1, 0.15) is 5.69 Å². The second-order valence-electron chi connectivity index (χ2n) is 4.28. The number of rotatable bonds is 3. The predicted molar refractivity (Wildman–Crippen MR) is 68.5 cm³/mol. The highest BCUT2D eigenvalue weighted by Crippen LogP contribution is 2.16. The molecule has 1 aromatic heterocycles. The SMILES string of the molecule is CCCn1cc(Cl)cc1C(=O)N1CCNCC1. The van der Waals surface area contributed by atoms with Crippen molar-refractivity contribution in [3.05, 3.63) is 23.0 Å². The van der Waals surface area contributed by atoms with Crippen LogP contribution in [0.5, 0.6) is 0 Å². The number of hydrogen-bond donors (Lipinski definition) is 1. The van der Waals surface area contributed by atoms with E-state index < -0.39 is 0 Å². The molecule has 0 spiro atoms. The largest absolute Gasteiger partial charge is 0.342 e. The van der Waals surface area contributed by atoms with E-state index in [0.29, 0.717) is 10.7 Å². The summed E-state index contributed by atoms with van der Waals surface area (Å²) in [5, 5.41) is 3.88. The van der Waals surface area contributed by atoms with Crippen LogP contribution in [0.1, 0.15) is 23.8 Å². The molecule has 1 aromatic rings. The Kier molecular flexibility index (Phi) is 4.07. The molecule has 0 atom stereocenters. The van der Waals surface area contributed by atoms with Gasteiger partial charge in [0.15, 0.2) is 0 Å². The third-order valence-electron chi connectivity index (χ3n) is 2.95. The van der Waals surface area contributed by atoms with E-state index in [4.69, 9.17) is 11.6 Å². The van der Waals surface area contributed by atoms with Crippen LogP contribution in [-0.4, -0.2) is 41.6 Å². The number of aryl methyl sites for hydroxylation is 1. The number of hydrogen-bond acceptors (Lipinski definition) is 2. The van der Waals surface area contributed by atoms with Crippen LogP contribution in [0.2, 0.25) is 5.02 Å². The van der Waals surface area contributed by atoms with Crippen LogP contribution < -0.4 is 5.32 Å². The summed E-state index contributed by atoms with van der Waals surface area (Å²) in [6.45, 7) is 6.20. The Hall–Kier alpha value is -1.00. The van der Waals surface area contributed by atoms with Crippen molar-refractivity contribution in [3.63, 3.8) is 0 Å². The Labute approximate surface area is 107 Å². The zero-order chi connectivity index (χ0) is 12.3. The molecular weight excluding hydrogens is 238 g/mol. The minimum absolute atomic E-state index is 0.0897. The molecule has 0 bridgehead atoms. The second kappa shape index (κ2) is 5.56. The summed E-state index contributed by atoms with van der Waals surface area (Å²) < 4.78 is 1.95. The number of nitrogens with zero attached hydrogens (tertiary/aromatic N) is 2. The van der Waals surface area contributed by atoms with Crippen molar-refractivity contribution < 1.29 is 4.79 Å². The number of aromatic nitrogens is 1. The van der Waals surface area contributed by atoms with Crippen LogP contribution in [0.15, 0.2) is 12.3 Å². The van der Waals surface area contributed by atoms with Gasteiger partial charge < -0.3 is 14.8 Å². The molecule has 0 radical (unpaired) electrons. The van der Waals surface area contributed by atoms with Crippen molar-refractivity contribution in [3.8, 4) is 0 Å². The summed E-state index contributed by atoms with van der Waals surface area (Å²) in [5.74, 6) is 0.0897. The van der Waals surface area contributed by atoms with E-state index in [2.05, 4.69) is 12.2 Å². The summed E-state index contributed by atoms with van der Waals surface area (Å²) in [6, 6.07) is 1.77. The van der Waals surface area contributed by atoms with Crippen molar-refractivity contribution in [2.45, 2.75) is 19.9 Å². The standard InChI is InChI=1S/C12H18ClN3O/c1-2-5-16-9-10(13)8-11(16)12(17)15-6-3-14-4-7-15/h8-9,14H,2-7H2,1H3. The highest BCUT2D eigenvalue weighted by Gasteiger charge is 2.21. The molecule has 0 saturated carbocycles. The lowest BCUT2D eigenvalue weighted by Crippen LogP contribution is -2.46. The molecule has 1 N–H and O–H groups in total. The normalized spacial score (nSPS) is 16.2. The molecule has 4 nitrogen and oxygen atoms in total. The fourth-order valence-electron chi connectivity index (χ4n) is 2.11. The van der Waals surface area contributed by atoms with Gasteiger partial charge in [-0.1, -0.05) is 18.5 Å². The first kappa shape index (κ1) is 12.5. The van der Waals surface area contributed by atoms with Crippen LogP contribution >= 0.6 is 11.6 Å². The first-order valence-electron chi connectivity index (χ1n) is 6.08. The molecular formula is C12H18ClN3O. The molecule has 94 valence electrons. The third-order valence-corrected chi connectivity index (χ3v) is 3.16. The Morgan fingerprint density at radius 3 is 2.82 bits per heavy atom. The van der Waals surface area contributed by atoms with Crippen LogP contribution in [0.3, 0.4) is 0 Å². The maximum atomic E-state index is 12.3. The molecule has 1 amide bonds. The third kappa shape index (κ3) is 2.82. The first-order valence-corrected chi connectivity index (χ1v) is 6.46. The number of nitrogens with one attached hydrogen (secondary N) is 1. The number of carbonyl (C=O) groups is 1. The lowest BCUT2D eigenvalue weighted by Gasteiger charge is -2.27. The Bertz CT molecular complexity index is 396. The zero-order valence-corrected chi connectivity index (χ0v) is 10.8. The van der Waals surface area contributed by atoms with Crippen molar-refractivity contribution >= 4 is 17.5 Å². The number of halogens is 1. The highest BCUT2D eigenvalue weighted by molar-refractivity contribution is 6.31. The van der Waals surface area contributed by atoms with E-state index in [-0.39, 0.29) is 5.91 Å². The topological polar surface area (TPSA) is 37.3 Å². The van der Waals surface area contributed by atoms with Crippen molar-refractivity contribution in [1.82, 2.24) is 14.8 Å². The van der Waals surface area contributed by atoms with E-state index >= 15 is 0 Å². The maximum Gasteiger partial charge on any atom is 0.270 e. The van der Waals surface area contributed by atoms with E-state index in [1.165, 1.54) is 0 Å². The van der Waals surface area contributed by atoms with E-state index in [1.54, 1.807) is 6.07 Å². The molecule has 0 aliphatic carbocycles. The van der Waals surface area contributed by atoms with E-state index in [9.17, 15) is 4.79 Å². The second-order valence-corrected chi connectivity index (χ2v) is 4.72. The summed E-state index contributed by atoms with van der Waals surface area (Å²) >= 11 is 5.98. The van der Waals surface area contributed by atoms with Crippen molar-refractivity contribution in [1.29, 1.82) is 0 Å². The van der Waals surface area contributed by atoms with Crippen LogP contribution in [0.4, 0.5) is 0 Å². The van der Waals surface area contributed by atoms with Gasteiger partial charge in [-0.05, 0) is 12.5 Å². The Morgan fingerprint density at radius 1 is 1.47 bits per heavy atom. The highest BCUT2D eigenvalue weighted by atomic mass is 35.5. The lowest BCUT2D eigenvalue weighted by molar-refractivity contribution is 0.0724. The molecule has 17 heavy (non-hydrogen) atoms. The smallest absolute Gasteiger partial charge is 0.270 e. The summed E-state index contributed by atoms with van der Waals surface area (Å²) in [4.78, 5) is 14.2. The van der Waals surface area contributed by atoms with Gasteiger partial charge in [-0.2, -0.15) is 0 Å². The quantitative estimate of drug-likeness (QED) is 0.891. The monoisotopic (exact) mass is 255 g/mol. The molecule has 0 unspecified atom stereocenters. The molecule has 1 aliphatic rings. The van der Waals surface area contributed by atoms with Crippen LogP contribution in [-0.2, 0) is 6.54 Å². The van der Waals surface area contributed by atoms with Gasteiger partial charge in [0.2, 0.25) is 0 Å². The van der Waals surface area contributed by atoms with Crippen molar-refractivity contribution in [2.24, 2.45) is 0 Å². The van der Waals surface area contributed by atoms with Crippen LogP contribution in [0, 0.1) is 0 Å². The van der Waals surface area contributed by atoms with Gasteiger partial charge in [0.25, 0.3) is 5.91 Å². The zero-order valence-electron chi connectivity index (χ0n) is 10.1.